The van der Waals surface area contributed by atoms with Crippen molar-refractivity contribution in [3.8, 4) is 5.75 Å². The number of ether oxygens (including phenoxy) is 2. The zero-order valence-corrected chi connectivity index (χ0v) is 20.2. The van der Waals surface area contributed by atoms with E-state index in [2.05, 4.69) is 10.3 Å². The van der Waals surface area contributed by atoms with E-state index in [0.29, 0.717) is 12.1 Å². The van der Waals surface area contributed by atoms with Crippen LogP contribution in [0.1, 0.15) is 43.4 Å². The van der Waals surface area contributed by atoms with E-state index >= 15 is 0 Å². The lowest BCUT2D eigenvalue weighted by atomic mass is 10.1. The Labute approximate surface area is 203 Å². The van der Waals surface area contributed by atoms with Crippen molar-refractivity contribution in [1.29, 1.82) is 0 Å². The molecular formula is C26H30N4O5. The van der Waals surface area contributed by atoms with Crippen LogP contribution >= 0.6 is 0 Å². The topological polar surface area (TPSA) is 104 Å². The number of aryl methyl sites for hydroxylation is 1. The summed E-state index contributed by atoms with van der Waals surface area (Å²) in [7, 11) is 0. The van der Waals surface area contributed by atoms with Gasteiger partial charge in [-0.2, -0.15) is 4.98 Å². The van der Waals surface area contributed by atoms with E-state index in [1.807, 2.05) is 56.3 Å². The van der Waals surface area contributed by atoms with E-state index in [1.165, 1.54) is 4.57 Å². The Kier molecular flexibility index (Phi) is 7.33. The third kappa shape index (κ3) is 5.79. The van der Waals surface area contributed by atoms with Gasteiger partial charge in [-0.15, -0.1) is 0 Å². The van der Waals surface area contributed by atoms with Gasteiger partial charge < -0.3 is 14.8 Å². The molecule has 4 rings (SSSR count). The average Bonchev–Trinajstić information content (AvgIpc) is 3.19. The molecule has 1 atom stereocenters. The second-order valence-electron chi connectivity index (χ2n) is 8.71. The summed E-state index contributed by atoms with van der Waals surface area (Å²) < 4.78 is 13.2. The van der Waals surface area contributed by atoms with Crippen LogP contribution in [0.2, 0.25) is 0 Å². The zero-order valence-electron chi connectivity index (χ0n) is 20.2. The van der Waals surface area contributed by atoms with Crippen molar-refractivity contribution in [1.82, 2.24) is 14.1 Å². The maximum absolute atomic E-state index is 13.4. The quantitative estimate of drug-likeness (QED) is 0.471. The molecule has 0 fully saturated rings. The molecule has 184 valence electrons. The minimum atomic E-state index is -0.667. The van der Waals surface area contributed by atoms with Crippen LogP contribution in [0.5, 0.6) is 5.75 Å². The zero-order chi connectivity index (χ0) is 24.9. The van der Waals surface area contributed by atoms with Gasteiger partial charge in [0.2, 0.25) is 5.95 Å². The van der Waals surface area contributed by atoms with E-state index in [9.17, 15) is 14.4 Å². The van der Waals surface area contributed by atoms with Crippen LogP contribution in [-0.2, 0) is 29.0 Å². The van der Waals surface area contributed by atoms with E-state index in [-0.39, 0.29) is 44.1 Å². The van der Waals surface area contributed by atoms with Crippen LogP contribution in [0.15, 0.2) is 52.1 Å². The van der Waals surface area contributed by atoms with Crippen molar-refractivity contribution in [3.63, 3.8) is 0 Å². The predicted molar refractivity (Wildman–Crippen MR) is 132 cm³/mol. The first-order chi connectivity index (χ1) is 16.8. The average molecular weight is 479 g/mol. The third-order valence-electron chi connectivity index (χ3n) is 5.83. The predicted octanol–water partition coefficient (Wildman–Crippen LogP) is 3.17. The maximum Gasteiger partial charge on any atom is 0.354 e. The molecule has 9 heteroatoms. The number of nitrogens with zero attached hydrogens (tertiary/aromatic N) is 3. The Morgan fingerprint density at radius 3 is 2.69 bits per heavy atom. The highest BCUT2D eigenvalue weighted by Gasteiger charge is 2.20. The summed E-state index contributed by atoms with van der Waals surface area (Å²) in [6.07, 6.45) is 1.32. The SMILES string of the molecule is CCOC(=O)CCCn1c(=O)nc(Nc2ccc3c(c2)CC(C)O3)n(Cc2ccc(C)cc2)c1=O. The summed E-state index contributed by atoms with van der Waals surface area (Å²) in [5.41, 5.74) is 2.62. The lowest BCUT2D eigenvalue weighted by molar-refractivity contribution is -0.143. The van der Waals surface area contributed by atoms with Gasteiger partial charge in [-0.05, 0) is 56.5 Å². The summed E-state index contributed by atoms with van der Waals surface area (Å²) in [5.74, 6) is 0.640. The van der Waals surface area contributed by atoms with Crippen LogP contribution in [0.25, 0.3) is 0 Å². The molecular weight excluding hydrogens is 448 g/mol. The van der Waals surface area contributed by atoms with Gasteiger partial charge in [-0.3, -0.25) is 9.36 Å². The molecule has 2 aromatic carbocycles. The Hall–Kier alpha value is -3.88. The van der Waals surface area contributed by atoms with Crippen molar-refractivity contribution >= 4 is 17.6 Å². The van der Waals surface area contributed by atoms with Crippen molar-refractivity contribution in [2.24, 2.45) is 0 Å². The van der Waals surface area contributed by atoms with Gasteiger partial charge in [0.05, 0.1) is 13.2 Å². The molecule has 0 radical (unpaired) electrons. The molecule has 0 saturated carbocycles. The van der Waals surface area contributed by atoms with Crippen LogP contribution < -0.4 is 21.4 Å². The van der Waals surface area contributed by atoms with Gasteiger partial charge in [0, 0.05) is 25.1 Å². The van der Waals surface area contributed by atoms with E-state index in [0.717, 1.165) is 33.4 Å². The fourth-order valence-corrected chi connectivity index (χ4v) is 4.08. The maximum atomic E-state index is 13.4. The summed E-state index contributed by atoms with van der Waals surface area (Å²) in [4.78, 5) is 42.1. The van der Waals surface area contributed by atoms with Crippen LogP contribution in [0.3, 0.4) is 0 Å². The molecule has 1 N–H and O–H groups in total. The van der Waals surface area contributed by atoms with Crippen LogP contribution in [0.4, 0.5) is 11.6 Å². The number of aromatic nitrogens is 3. The summed E-state index contributed by atoms with van der Waals surface area (Å²) >= 11 is 0. The first kappa shape index (κ1) is 24.3. The molecule has 2 heterocycles. The van der Waals surface area contributed by atoms with E-state index < -0.39 is 11.4 Å². The standard InChI is InChI=1S/C26H30N4O5/c1-4-34-23(31)6-5-13-29-25(32)28-24(27-21-11-12-22-20(15-21)14-18(3)35-22)30(26(29)33)16-19-9-7-17(2)8-10-19/h7-12,15,18H,4-6,13-14,16H2,1-3H3,(H,27,28,32). The number of hydrogen-bond donors (Lipinski definition) is 1. The van der Waals surface area contributed by atoms with Crippen molar-refractivity contribution in [2.45, 2.75) is 59.2 Å². The Morgan fingerprint density at radius 1 is 1.17 bits per heavy atom. The molecule has 0 bridgehead atoms. The Morgan fingerprint density at radius 2 is 1.94 bits per heavy atom. The van der Waals surface area contributed by atoms with Crippen LogP contribution in [-0.4, -0.2) is 32.8 Å². The number of esters is 1. The molecule has 35 heavy (non-hydrogen) atoms. The van der Waals surface area contributed by atoms with Crippen molar-refractivity contribution in [3.05, 3.63) is 80.1 Å². The molecule has 1 aliphatic rings. The number of benzene rings is 2. The number of rotatable bonds is 9. The fraction of sp³-hybridized carbons (Fsp3) is 0.385. The number of carbonyl (C=O) groups is 1. The molecule has 1 unspecified atom stereocenters. The lowest BCUT2D eigenvalue weighted by Crippen LogP contribution is -2.42. The first-order valence-electron chi connectivity index (χ1n) is 11.8. The van der Waals surface area contributed by atoms with Gasteiger partial charge in [-0.25, -0.2) is 14.2 Å². The molecule has 9 nitrogen and oxygen atoms in total. The third-order valence-corrected chi connectivity index (χ3v) is 5.83. The number of anilines is 2. The molecule has 0 amide bonds. The highest BCUT2D eigenvalue weighted by Crippen LogP contribution is 2.31. The fourth-order valence-electron chi connectivity index (χ4n) is 4.08. The van der Waals surface area contributed by atoms with E-state index in [1.54, 1.807) is 6.92 Å². The van der Waals surface area contributed by atoms with Crippen molar-refractivity contribution < 1.29 is 14.3 Å². The smallest absolute Gasteiger partial charge is 0.354 e. The molecule has 1 aliphatic heterocycles. The minimum Gasteiger partial charge on any atom is -0.490 e. The van der Waals surface area contributed by atoms with Gasteiger partial charge in [0.1, 0.15) is 11.9 Å². The van der Waals surface area contributed by atoms with Gasteiger partial charge in [0.15, 0.2) is 0 Å². The summed E-state index contributed by atoms with van der Waals surface area (Å²) in [5, 5.41) is 3.16. The number of carbonyl (C=O) groups excluding carboxylic acids is 1. The molecule has 0 aliphatic carbocycles. The number of hydrogen-bond acceptors (Lipinski definition) is 7. The Balaban J connectivity index is 1.66. The number of fused-ring (bicyclic) bond motifs is 1. The molecule has 0 spiro atoms. The van der Waals surface area contributed by atoms with Gasteiger partial charge in [-0.1, -0.05) is 29.8 Å². The molecule has 1 aromatic heterocycles. The second-order valence-corrected chi connectivity index (χ2v) is 8.71. The van der Waals surface area contributed by atoms with E-state index in [4.69, 9.17) is 9.47 Å². The molecule has 3 aromatic rings. The monoisotopic (exact) mass is 478 g/mol. The van der Waals surface area contributed by atoms with Crippen molar-refractivity contribution in [2.75, 3.05) is 11.9 Å². The van der Waals surface area contributed by atoms with Gasteiger partial charge in [0.25, 0.3) is 0 Å². The lowest BCUT2D eigenvalue weighted by Gasteiger charge is -2.16. The first-order valence-corrected chi connectivity index (χ1v) is 11.8. The van der Waals surface area contributed by atoms with Gasteiger partial charge >= 0.3 is 17.3 Å². The molecule has 0 saturated heterocycles. The van der Waals surface area contributed by atoms with Crippen LogP contribution in [0, 0.1) is 6.92 Å². The largest absolute Gasteiger partial charge is 0.490 e. The summed E-state index contributed by atoms with van der Waals surface area (Å²) in [6.45, 7) is 6.33. The second kappa shape index (κ2) is 10.6. The highest BCUT2D eigenvalue weighted by atomic mass is 16.5. The highest BCUT2D eigenvalue weighted by molar-refractivity contribution is 5.69. The minimum absolute atomic E-state index is 0.0751. The number of nitrogens with one attached hydrogen (secondary N) is 1. The summed E-state index contributed by atoms with van der Waals surface area (Å²) in [6, 6.07) is 13.5. The Bertz CT molecular complexity index is 1330. The normalized spacial score (nSPS) is 14.3.